The van der Waals surface area contributed by atoms with Gasteiger partial charge in [-0.15, -0.1) is 0 Å². The highest BCUT2D eigenvalue weighted by molar-refractivity contribution is 5.93. The summed E-state index contributed by atoms with van der Waals surface area (Å²) in [6, 6.07) is 12.6. The molecule has 2 amide bonds. The number of hydrogen-bond acceptors (Lipinski definition) is 4. The fourth-order valence-electron chi connectivity index (χ4n) is 2.48. The Hall–Kier alpha value is -3.02. The first kappa shape index (κ1) is 19.3. The van der Waals surface area contributed by atoms with Gasteiger partial charge in [-0.25, -0.2) is 0 Å². The van der Waals surface area contributed by atoms with E-state index in [4.69, 9.17) is 9.47 Å². The number of methoxy groups -OCH3 is 2. The second-order valence-corrected chi connectivity index (χ2v) is 6.03. The summed E-state index contributed by atoms with van der Waals surface area (Å²) in [5.41, 5.74) is 2.30. The Labute approximate surface area is 153 Å². The van der Waals surface area contributed by atoms with Crippen molar-refractivity contribution in [3.63, 3.8) is 0 Å². The van der Waals surface area contributed by atoms with Gasteiger partial charge in [0.15, 0.2) is 0 Å². The van der Waals surface area contributed by atoms with Crippen molar-refractivity contribution in [3.05, 3.63) is 59.2 Å². The van der Waals surface area contributed by atoms with Gasteiger partial charge >= 0.3 is 0 Å². The van der Waals surface area contributed by atoms with Crippen LogP contribution < -0.4 is 14.8 Å². The van der Waals surface area contributed by atoms with Crippen molar-refractivity contribution in [2.24, 2.45) is 0 Å². The molecule has 0 spiro atoms. The predicted octanol–water partition coefficient (Wildman–Crippen LogP) is 2.26. The Balaban J connectivity index is 1.96. The molecule has 2 rings (SSSR count). The summed E-state index contributed by atoms with van der Waals surface area (Å²) in [6.07, 6.45) is 0.192. The Bertz CT molecular complexity index is 770. The van der Waals surface area contributed by atoms with Crippen LogP contribution in [0.2, 0.25) is 0 Å². The van der Waals surface area contributed by atoms with Gasteiger partial charge in [-0.1, -0.05) is 12.1 Å². The normalized spacial score (nSPS) is 10.2. The summed E-state index contributed by atoms with van der Waals surface area (Å²) in [5.74, 6) is 1.15. The second-order valence-electron chi connectivity index (χ2n) is 6.03. The quantitative estimate of drug-likeness (QED) is 0.826. The van der Waals surface area contributed by atoms with E-state index in [0.29, 0.717) is 23.6 Å². The lowest BCUT2D eigenvalue weighted by Crippen LogP contribution is -2.25. The number of nitrogens with zero attached hydrogens (tertiary/aromatic N) is 1. The molecular weight excluding hydrogens is 332 g/mol. The van der Waals surface area contributed by atoms with Crippen LogP contribution in [0.15, 0.2) is 42.5 Å². The first-order chi connectivity index (χ1) is 12.4. The maximum Gasteiger partial charge on any atom is 0.253 e. The smallest absolute Gasteiger partial charge is 0.253 e. The zero-order valence-electron chi connectivity index (χ0n) is 15.5. The summed E-state index contributed by atoms with van der Waals surface area (Å²) < 4.78 is 10.5. The van der Waals surface area contributed by atoms with Crippen LogP contribution in [-0.2, 0) is 17.8 Å². The first-order valence-corrected chi connectivity index (χ1v) is 8.22. The minimum Gasteiger partial charge on any atom is -0.497 e. The van der Waals surface area contributed by atoms with Crippen molar-refractivity contribution in [1.82, 2.24) is 10.2 Å². The molecule has 2 aromatic carbocycles. The SMILES string of the molecule is COc1ccc(OC)c(CC(=O)NCc2ccc(C(=O)N(C)C)cc2)c1. The van der Waals surface area contributed by atoms with Gasteiger partial charge in [-0.05, 0) is 35.9 Å². The van der Waals surface area contributed by atoms with Crippen molar-refractivity contribution in [2.45, 2.75) is 13.0 Å². The van der Waals surface area contributed by atoms with Crippen LogP contribution in [-0.4, -0.2) is 45.0 Å². The molecule has 2 aromatic rings. The van der Waals surface area contributed by atoms with Crippen molar-refractivity contribution in [1.29, 1.82) is 0 Å². The van der Waals surface area contributed by atoms with Gasteiger partial charge in [-0.3, -0.25) is 9.59 Å². The van der Waals surface area contributed by atoms with E-state index >= 15 is 0 Å². The first-order valence-electron chi connectivity index (χ1n) is 8.22. The maximum atomic E-state index is 12.2. The van der Waals surface area contributed by atoms with Crippen LogP contribution in [0.1, 0.15) is 21.5 Å². The summed E-state index contributed by atoms with van der Waals surface area (Å²) >= 11 is 0. The van der Waals surface area contributed by atoms with E-state index in [9.17, 15) is 9.59 Å². The van der Waals surface area contributed by atoms with E-state index in [2.05, 4.69) is 5.32 Å². The molecule has 0 fully saturated rings. The number of amides is 2. The van der Waals surface area contributed by atoms with E-state index in [1.165, 1.54) is 4.90 Å². The molecule has 0 aliphatic heterocycles. The van der Waals surface area contributed by atoms with Crippen molar-refractivity contribution < 1.29 is 19.1 Å². The van der Waals surface area contributed by atoms with Crippen LogP contribution >= 0.6 is 0 Å². The molecule has 0 bridgehead atoms. The van der Waals surface area contributed by atoms with Crippen LogP contribution in [0.3, 0.4) is 0 Å². The van der Waals surface area contributed by atoms with Gasteiger partial charge < -0.3 is 19.7 Å². The number of carbonyl (C=O) groups excluding carboxylic acids is 2. The van der Waals surface area contributed by atoms with Gasteiger partial charge in [0.25, 0.3) is 5.91 Å². The molecule has 6 heteroatoms. The predicted molar refractivity (Wildman–Crippen MR) is 99.6 cm³/mol. The molecule has 1 N–H and O–H groups in total. The Morgan fingerprint density at radius 3 is 2.27 bits per heavy atom. The van der Waals surface area contributed by atoms with Crippen LogP contribution in [0, 0.1) is 0 Å². The van der Waals surface area contributed by atoms with Crippen molar-refractivity contribution >= 4 is 11.8 Å². The molecule has 138 valence electrons. The molecule has 0 unspecified atom stereocenters. The summed E-state index contributed by atoms with van der Waals surface area (Å²) in [5, 5.41) is 2.88. The van der Waals surface area contributed by atoms with Crippen molar-refractivity contribution in [3.8, 4) is 11.5 Å². The van der Waals surface area contributed by atoms with Crippen LogP contribution in [0.4, 0.5) is 0 Å². The van der Waals surface area contributed by atoms with Crippen LogP contribution in [0.25, 0.3) is 0 Å². The van der Waals surface area contributed by atoms with E-state index in [1.807, 2.05) is 12.1 Å². The molecular formula is C20H24N2O4. The number of nitrogens with one attached hydrogen (secondary N) is 1. The molecule has 0 aliphatic carbocycles. The third-order valence-corrected chi connectivity index (χ3v) is 3.94. The number of hydrogen-bond donors (Lipinski definition) is 1. The lowest BCUT2D eigenvalue weighted by molar-refractivity contribution is -0.120. The second kappa shape index (κ2) is 8.89. The number of benzene rings is 2. The third-order valence-electron chi connectivity index (χ3n) is 3.94. The largest absolute Gasteiger partial charge is 0.497 e. The minimum absolute atomic E-state index is 0.0503. The molecule has 26 heavy (non-hydrogen) atoms. The van der Waals surface area contributed by atoms with Crippen LogP contribution in [0.5, 0.6) is 11.5 Å². The number of carbonyl (C=O) groups is 2. The average molecular weight is 356 g/mol. The Kier molecular flexibility index (Phi) is 6.60. The lowest BCUT2D eigenvalue weighted by Gasteiger charge is -2.12. The summed E-state index contributed by atoms with van der Waals surface area (Å²) in [6.45, 7) is 0.390. The van der Waals surface area contributed by atoms with Gasteiger partial charge in [0.1, 0.15) is 11.5 Å². The number of ether oxygens (including phenoxy) is 2. The monoisotopic (exact) mass is 356 g/mol. The third kappa shape index (κ3) is 4.99. The zero-order valence-corrected chi connectivity index (χ0v) is 15.5. The van der Waals surface area contributed by atoms with E-state index < -0.39 is 0 Å². The van der Waals surface area contributed by atoms with E-state index in [1.54, 1.807) is 58.6 Å². The lowest BCUT2D eigenvalue weighted by atomic mass is 10.1. The molecule has 0 atom stereocenters. The van der Waals surface area contributed by atoms with Gasteiger partial charge in [0.05, 0.1) is 20.6 Å². The topological polar surface area (TPSA) is 67.9 Å². The summed E-state index contributed by atoms with van der Waals surface area (Å²) in [7, 11) is 6.57. The molecule has 0 radical (unpaired) electrons. The van der Waals surface area contributed by atoms with Crippen molar-refractivity contribution in [2.75, 3.05) is 28.3 Å². The molecule has 0 saturated heterocycles. The van der Waals surface area contributed by atoms with Gasteiger partial charge in [-0.2, -0.15) is 0 Å². The molecule has 0 aliphatic rings. The number of rotatable bonds is 7. The Morgan fingerprint density at radius 1 is 1.00 bits per heavy atom. The van der Waals surface area contributed by atoms with Gasteiger partial charge in [0.2, 0.25) is 5.91 Å². The summed E-state index contributed by atoms with van der Waals surface area (Å²) in [4.78, 5) is 25.6. The fourth-order valence-corrected chi connectivity index (χ4v) is 2.48. The van der Waals surface area contributed by atoms with E-state index in [0.717, 1.165) is 11.1 Å². The Morgan fingerprint density at radius 2 is 1.69 bits per heavy atom. The molecule has 0 aromatic heterocycles. The maximum absolute atomic E-state index is 12.2. The van der Waals surface area contributed by atoms with Gasteiger partial charge in [0, 0.05) is 31.8 Å². The highest BCUT2D eigenvalue weighted by Gasteiger charge is 2.11. The standard InChI is InChI=1S/C20H24N2O4/c1-22(2)20(24)15-7-5-14(6-8-15)13-21-19(23)12-16-11-17(25-3)9-10-18(16)26-4/h5-11H,12-13H2,1-4H3,(H,21,23). The fraction of sp³-hybridized carbons (Fsp3) is 0.300. The zero-order chi connectivity index (χ0) is 19.1. The minimum atomic E-state index is -0.120. The highest BCUT2D eigenvalue weighted by Crippen LogP contribution is 2.24. The highest BCUT2D eigenvalue weighted by atomic mass is 16.5. The molecule has 0 heterocycles. The van der Waals surface area contributed by atoms with E-state index in [-0.39, 0.29) is 18.2 Å². The molecule has 6 nitrogen and oxygen atoms in total. The molecule has 0 saturated carbocycles. The average Bonchev–Trinajstić information content (AvgIpc) is 2.66.